The van der Waals surface area contributed by atoms with Crippen molar-refractivity contribution in [3.8, 4) is 0 Å². The number of rotatable bonds is 4. The summed E-state index contributed by atoms with van der Waals surface area (Å²) in [5.74, 6) is 1.01. The first kappa shape index (κ1) is 18.8. The van der Waals surface area contributed by atoms with Gasteiger partial charge in [-0.15, -0.1) is 0 Å². The number of benzene rings is 1. The summed E-state index contributed by atoms with van der Waals surface area (Å²) in [6.45, 7) is 4.82. The lowest BCUT2D eigenvalue weighted by molar-refractivity contribution is -0.136. The number of likely N-dealkylation sites (tertiary alicyclic amines) is 1. The Kier molecular flexibility index (Phi) is 5.45. The van der Waals surface area contributed by atoms with Crippen LogP contribution in [0, 0.1) is 12.8 Å². The van der Waals surface area contributed by atoms with Gasteiger partial charge < -0.3 is 14.5 Å². The van der Waals surface area contributed by atoms with Gasteiger partial charge in [-0.2, -0.15) is 0 Å². The number of aryl methyl sites for hydroxylation is 1. The number of anilines is 1. The van der Waals surface area contributed by atoms with E-state index >= 15 is 0 Å². The van der Waals surface area contributed by atoms with Gasteiger partial charge in [0.2, 0.25) is 5.91 Å². The van der Waals surface area contributed by atoms with E-state index in [1.54, 1.807) is 0 Å². The van der Waals surface area contributed by atoms with Gasteiger partial charge in [0.15, 0.2) is 0 Å². The second kappa shape index (κ2) is 7.83. The Morgan fingerprint density at radius 1 is 1.11 bits per heavy atom. The molecule has 1 atom stereocenters. The minimum atomic E-state index is 0.0611. The number of methoxy groups -OCH3 is 1. The first-order valence-electron chi connectivity index (χ1n) is 10.8. The molecular weight excluding hydrogens is 336 g/mol. The fourth-order valence-electron chi connectivity index (χ4n) is 5.46. The summed E-state index contributed by atoms with van der Waals surface area (Å²) in [6.07, 6.45) is 9.52. The van der Waals surface area contributed by atoms with Gasteiger partial charge in [0.25, 0.3) is 0 Å². The number of hydrogen-bond acceptors (Lipinski definition) is 3. The van der Waals surface area contributed by atoms with Crippen LogP contribution >= 0.6 is 0 Å². The number of nitrogens with zero attached hydrogens (tertiary/aromatic N) is 2. The number of hydrogen-bond donors (Lipinski definition) is 0. The van der Waals surface area contributed by atoms with Crippen LogP contribution in [-0.2, 0) is 9.53 Å². The molecule has 3 fully saturated rings. The second-order valence-electron chi connectivity index (χ2n) is 8.86. The van der Waals surface area contributed by atoms with Crippen molar-refractivity contribution in [1.29, 1.82) is 0 Å². The Bertz CT molecular complexity index is 643. The van der Waals surface area contributed by atoms with Gasteiger partial charge in [0.05, 0.1) is 11.6 Å². The highest BCUT2D eigenvalue weighted by molar-refractivity contribution is 5.76. The van der Waals surface area contributed by atoms with E-state index in [4.69, 9.17) is 4.74 Å². The van der Waals surface area contributed by atoms with Crippen LogP contribution in [0.2, 0.25) is 0 Å². The van der Waals surface area contributed by atoms with Gasteiger partial charge >= 0.3 is 0 Å². The zero-order valence-electron chi connectivity index (χ0n) is 17.0. The normalized spacial score (nSPS) is 25.5. The molecular formula is C23H34N2O2. The Hall–Kier alpha value is -1.55. The third kappa shape index (κ3) is 3.61. The van der Waals surface area contributed by atoms with Crippen molar-refractivity contribution in [3.63, 3.8) is 0 Å². The molecule has 1 aromatic rings. The summed E-state index contributed by atoms with van der Waals surface area (Å²) < 4.78 is 5.83. The third-order valence-electron chi connectivity index (χ3n) is 7.29. The molecule has 4 nitrogen and oxygen atoms in total. The molecule has 1 aromatic carbocycles. The smallest absolute Gasteiger partial charge is 0.222 e. The molecule has 1 saturated carbocycles. The highest BCUT2D eigenvalue weighted by Crippen LogP contribution is 2.44. The van der Waals surface area contributed by atoms with Crippen LogP contribution in [0.4, 0.5) is 5.69 Å². The van der Waals surface area contributed by atoms with Crippen LogP contribution in [0.1, 0.15) is 56.9 Å². The first-order chi connectivity index (χ1) is 13.1. The molecule has 4 rings (SSSR count). The van der Waals surface area contributed by atoms with Gasteiger partial charge in [-0.3, -0.25) is 4.79 Å². The van der Waals surface area contributed by atoms with Crippen molar-refractivity contribution in [2.75, 3.05) is 31.6 Å². The molecule has 1 unspecified atom stereocenters. The van der Waals surface area contributed by atoms with Crippen LogP contribution in [0.5, 0.6) is 0 Å². The van der Waals surface area contributed by atoms with Gasteiger partial charge in [-0.05, 0) is 50.7 Å². The summed E-state index contributed by atoms with van der Waals surface area (Å²) >= 11 is 0. The molecule has 1 amide bonds. The summed E-state index contributed by atoms with van der Waals surface area (Å²) in [6, 6.07) is 8.82. The lowest BCUT2D eigenvalue weighted by Crippen LogP contribution is -2.74. The van der Waals surface area contributed by atoms with Gasteiger partial charge in [0, 0.05) is 38.9 Å². The summed E-state index contributed by atoms with van der Waals surface area (Å²) in [5.41, 5.74) is 2.64. The van der Waals surface area contributed by atoms with E-state index in [2.05, 4.69) is 41.0 Å². The molecule has 0 radical (unpaired) electrons. The maximum atomic E-state index is 12.8. The van der Waals surface area contributed by atoms with E-state index in [1.165, 1.54) is 43.4 Å². The van der Waals surface area contributed by atoms with Crippen molar-refractivity contribution in [2.45, 2.75) is 69.9 Å². The average Bonchev–Trinajstić information content (AvgIpc) is 2.70. The fourth-order valence-corrected chi connectivity index (χ4v) is 5.46. The molecule has 2 saturated heterocycles. The van der Waals surface area contributed by atoms with Crippen LogP contribution < -0.4 is 4.90 Å². The van der Waals surface area contributed by atoms with E-state index in [0.29, 0.717) is 11.8 Å². The zero-order valence-corrected chi connectivity index (χ0v) is 17.0. The fraction of sp³-hybridized carbons (Fsp3) is 0.696. The van der Waals surface area contributed by atoms with Crippen LogP contribution in [0.25, 0.3) is 0 Å². The Balaban J connectivity index is 1.39. The molecule has 2 aliphatic heterocycles. The SMILES string of the molecule is COC1CN(c2ccc(C)cc2)C12CCN(C(=O)CC1CCCCC1)CC2. The van der Waals surface area contributed by atoms with Crippen molar-refractivity contribution in [2.24, 2.45) is 5.92 Å². The van der Waals surface area contributed by atoms with Crippen LogP contribution in [0.3, 0.4) is 0 Å². The predicted octanol–water partition coefficient (Wildman–Crippen LogP) is 4.16. The molecule has 1 spiro atoms. The Labute approximate surface area is 163 Å². The molecule has 0 aromatic heterocycles. The number of carbonyl (C=O) groups excluding carboxylic acids is 1. The molecule has 3 aliphatic rings. The molecule has 2 heterocycles. The molecule has 0 N–H and O–H groups in total. The highest BCUT2D eigenvalue weighted by Gasteiger charge is 2.55. The zero-order chi connectivity index (χ0) is 18.9. The minimum Gasteiger partial charge on any atom is -0.377 e. The minimum absolute atomic E-state index is 0.0611. The van der Waals surface area contributed by atoms with Crippen LogP contribution in [-0.4, -0.2) is 49.2 Å². The number of ether oxygens (including phenoxy) is 1. The van der Waals surface area contributed by atoms with Crippen molar-refractivity contribution in [1.82, 2.24) is 4.90 Å². The van der Waals surface area contributed by atoms with E-state index in [0.717, 1.165) is 38.9 Å². The highest BCUT2D eigenvalue weighted by atomic mass is 16.5. The topological polar surface area (TPSA) is 32.8 Å². The maximum absolute atomic E-state index is 12.8. The van der Waals surface area contributed by atoms with E-state index in [1.807, 2.05) is 7.11 Å². The summed E-state index contributed by atoms with van der Waals surface area (Å²) in [7, 11) is 1.83. The lowest BCUT2D eigenvalue weighted by Gasteiger charge is -2.61. The number of piperidine rings is 1. The van der Waals surface area contributed by atoms with Gasteiger partial charge in [-0.25, -0.2) is 0 Å². The van der Waals surface area contributed by atoms with E-state index in [9.17, 15) is 4.79 Å². The molecule has 0 bridgehead atoms. The second-order valence-corrected chi connectivity index (χ2v) is 8.86. The van der Waals surface area contributed by atoms with Crippen molar-refractivity contribution in [3.05, 3.63) is 29.8 Å². The third-order valence-corrected chi connectivity index (χ3v) is 7.29. The largest absolute Gasteiger partial charge is 0.377 e. The molecule has 27 heavy (non-hydrogen) atoms. The van der Waals surface area contributed by atoms with Crippen molar-refractivity contribution < 1.29 is 9.53 Å². The average molecular weight is 371 g/mol. The van der Waals surface area contributed by atoms with Gasteiger partial charge in [-0.1, -0.05) is 37.0 Å². The molecule has 4 heteroatoms. The maximum Gasteiger partial charge on any atom is 0.222 e. The van der Waals surface area contributed by atoms with Crippen molar-refractivity contribution >= 4 is 11.6 Å². The summed E-state index contributed by atoms with van der Waals surface area (Å²) in [5, 5.41) is 0. The number of carbonyl (C=O) groups is 1. The Morgan fingerprint density at radius 3 is 2.41 bits per heavy atom. The number of amides is 1. The first-order valence-corrected chi connectivity index (χ1v) is 10.8. The molecule has 148 valence electrons. The van der Waals surface area contributed by atoms with Gasteiger partial charge in [0.1, 0.15) is 0 Å². The quantitative estimate of drug-likeness (QED) is 0.798. The van der Waals surface area contributed by atoms with E-state index < -0.39 is 0 Å². The van der Waals surface area contributed by atoms with E-state index in [-0.39, 0.29) is 11.6 Å². The predicted molar refractivity (Wildman–Crippen MR) is 109 cm³/mol. The summed E-state index contributed by atoms with van der Waals surface area (Å²) in [4.78, 5) is 17.4. The monoisotopic (exact) mass is 370 g/mol. The standard InChI is InChI=1S/C23H34N2O2/c1-18-8-10-20(11-9-18)25-17-21(27-2)23(25)12-14-24(15-13-23)22(26)16-19-6-4-3-5-7-19/h8-11,19,21H,3-7,12-17H2,1-2H3. The lowest BCUT2D eigenvalue weighted by atomic mass is 9.73. The Morgan fingerprint density at radius 2 is 1.78 bits per heavy atom. The molecule has 1 aliphatic carbocycles. The van der Waals surface area contributed by atoms with Crippen LogP contribution in [0.15, 0.2) is 24.3 Å².